The Morgan fingerprint density at radius 1 is 0.741 bits per heavy atom. The van der Waals surface area contributed by atoms with E-state index in [-0.39, 0.29) is 32.3 Å². The van der Waals surface area contributed by atoms with Gasteiger partial charge in [0.25, 0.3) is 5.09 Å². The summed E-state index contributed by atoms with van der Waals surface area (Å²) in [5.74, 6) is 2.09. The number of rotatable bonds is 20. The first-order chi connectivity index (χ1) is 28.3. The maximum absolute atomic E-state index is 13.6. The summed E-state index contributed by atoms with van der Waals surface area (Å²) < 4.78 is 41.9. The summed E-state index contributed by atoms with van der Waals surface area (Å²) in [5, 5.41) is 11.8. The number of ether oxygens (including phenoxy) is 7. The van der Waals surface area contributed by atoms with Crippen LogP contribution < -0.4 is 14.2 Å². The third-order valence-corrected chi connectivity index (χ3v) is 9.95. The smallest absolute Gasteiger partial charge is 0.410 e. The molecule has 0 N–H and O–H groups in total. The second kappa shape index (κ2) is 21.0. The van der Waals surface area contributed by atoms with Gasteiger partial charge in [-0.05, 0) is 64.9 Å². The topological polar surface area (TPSA) is 137 Å². The zero-order valence-electron chi connectivity index (χ0n) is 33.1. The third-order valence-electron chi connectivity index (χ3n) is 9.95. The van der Waals surface area contributed by atoms with Crippen molar-refractivity contribution in [3.63, 3.8) is 0 Å². The molecule has 5 aromatic carbocycles. The van der Waals surface area contributed by atoms with E-state index in [1.54, 1.807) is 43.4 Å². The Balaban J connectivity index is 1.13. The number of nitrogens with zero attached hydrogens (tertiary/aromatic N) is 2. The van der Waals surface area contributed by atoms with Crippen molar-refractivity contribution in [1.29, 1.82) is 0 Å². The van der Waals surface area contributed by atoms with Gasteiger partial charge < -0.3 is 42.9 Å². The highest BCUT2D eigenvalue weighted by Gasteiger charge is 2.41. The van der Waals surface area contributed by atoms with Crippen LogP contribution >= 0.6 is 0 Å². The van der Waals surface area contributed by atoms with E-state index in [0.717, 1.165) is 56.7 Å². The van der Waals surface area contributed by atoms with Crippen LogP contribution in [0.4, 0.5) is 4.79 Å². The molecule has 13 nitrogen and oxygen atoms in total. The largest absolute Gasteiger partial charge is 0.496 e. The van der Waals surface area contributed by atoms with Gasteiger partial charge in [-0.3, -0.25) is 0 Å². The molecule has 0 aliphatic carbocycles. The van der Waals surface area contributed by atoms with Crippen LogP contribution in [0.2, 0.25) is 0 Å². The molecule has 1 fully saturated rings. The van der Waals surface area contributed by atoms with E-state index in [4.69, 9.17) is 33.2 Å². The van der Waals surface area contributed by atoms with E-state index in [9.17, 15) is 14.9 Å². The fourth-order valence-corrected chi connectivity index (χ4v) is 7.11. The summed E-state index contributed by atoms with van der Waals surface area (Å²) in [6.45, 7) is 4.57. The summed E-state index contributed by atoms with van der Waals surface area (Å²) in [5.41, 5.74) is 4.30. The number of hydrogen-bond donors (Lipinski definition) is 0. The molecular weight excluding hydrogens is 744 g/mol. The van der Waals surface area contributed by atoms with Crippen molar-refractivity contribution in [1.82, 2.24) is 4.90 Å². The molecule has 6 rings (SSSR count). The maximum Gasteiger partial charge on any atom is 0.410 e. The van der Waals surface area contributed by atoms with E-state index >= 15 is 0 Å². The van der Waals surface area contributed by atoms with Crippen LogP contribution in [0.1, 0.15) is 47.1 Å². The van der Waals surface area contributed by atoms with Gasteiger partial charge in [-0.25, -0.2) is 4.79 Å². The minimum absolute atomic E-state index is 0.0200. The van der Waals surface area contributed by atoms with Gasteiger partial charge in [0.1, 0.15) is 30.5 Å². The third kappa shape index (κ3) is 11.4. The Labute approximate surface area is 338 Å². The molecule has 1 aliphatic heterocycles. The number of para-hydroxylation sites is 1. The first kappa shape index (κ1) is 41.7. The van der Waals surface area contributed by atoms with E-state index in [2.05, 4.69) is 10.9 Å². The minimum atomic E-state index is -0.834. The number of hydrogen-bond acceptors (Lipinski definition) is 11. The predicted molar refractivity (Wildman–Crippen MR) is 216 cm³/mol. The fraction of sp³-hybridized carbons (Fsp3) is 0.356. The van der Waals surface area contributed by atoms with Crippen molar-refractivity contribution in [3.05, 3.63) is 147 Å². The quantitative estimate of drug-likeness (QED) is 0.0428. The molecule has 1 saturated heterocycles. The number of benzene rings is 5. The molecule has 306 valence electrons. The maximum atomic E-state index is 13.6. The molecule has 5 aromatic rings. The fourth-order valence-electron chi connectivity index (χ4n) is 7.11. The van der Waals surface area contributed by atoms with Gasteiger partial charge in [0.2, 0.25) is 0 Å². The van der Waals surface area contributed by atoms with Crippen molar-refractivity contribution in [3.8, 4) is 17.2 Å². The van der Waals surface area contributed by atoms with Crippen LogP contribution in [0.25, 0.3) is 10.8 Å². The normalized spacial score (nSPS) is 16.5. The van der Waals surface area contributed by atoms with E-state index in [1.807, 2.05) is 85.8 Å². The molecule has 0 spiro atoms. The van der Waals surface area contributed by atoms with Crippen molar-refractivity contribution < 1.29 is 47.9 Å². The molecule has 1 amide bonds. The lowest BCUT2D eigenvalue weighted by Gasteiger charge is -2.43. The summed E-state index contributed by atoms with van der Waals surface area (Å²) in [7, 11) is 3.31. The number of piperidine rings is 1. The summed E-state index contributed by atoms with van der Waals surface area (Å²) in [6, 6.07) is 34.8. The average molecular weight is 795 g/mol. The molecule has 13 heteroatoms. The zero-order chi connectivity index (χ0) is 40.7. The van der Waals surface area contributed by atoms with Gasteiger partial charge in [-0.1, -0.05) is 78.9 Å². The Morgan fingerprint density at radius 2 is 1.43 bits per heavy atom. The minimum Gasteiger partial charge on any atom is -0.496 e. The number of carbonyl (C=O) groups excluding carboxylic acids is 1. The lowest BCUT2D eigenvalue weighted by Crippen LogP contribution is -2.54. The first-order valence-electron chi connectivity index (χ1n) is 19.3. The van der Waals surface area contributed by atoms with Gasteiger partial charge in [0.15, 0.2) is 0 Å². The Kier molecular flexibility index (Phi) is 15.1. The molecule has 3 unspecified atom stereocenters. The standard InChI is InChI=1S/C45H50N2O11/c1-4-54-42-26-46(45(48)57-28-32-14-16-33(17-15-32)30-58-47(49)50)27-43(56-29-34-24-36-10-5-7-12-39(36)41(25-34)52-3)44(42)35-18-20-38(21-19-35)55-23-9-22-53-31-37-11-6-8-13-40(37)51-2/h5-8,10-21,24-25,42-44H,4,9,22-23,26-31H2,1-3H3. The van der Waals surface area contributed by atoms with Gasteiger partial charge in [-0.2, -0.15) is 0 Å². The molecule has 0 bridgehead atoms. The van der Waals surface area contributed by atoms with E-state index < -0.39 is 23.4 Å². The first-order valence-corrected chi connectivity index (χ1v) is 19.3. The Hall–Kier alpha value is -5.89. The van der Waals surface area contributed by atoms with Crippen LogP contribution in [0, 0.1) is 10.1 Å². The number of methoxy groups -OCH3 is 2. The summed E-state index contributed by atoms with van der Waals surface area (Å²) in [4.78, 5) is 30.2. The molecule has 0 radical (unpaired) electrons. The molecule has 1 aliphatic rings. The second-order valence-corrected chi connectivity index (χ2v) is 13.8. The number of fused-ring (bicyclic) bond motifs is 1. The number of carbonyl (C=O) groups is 1. The van der Waals surface area contributed by atoms with Gasteiger partial charge in [0, 0.05) is 29.9 Å². The molecule has 1 heterocycles. The summed E-state index contributed by atoms with van der Waals surface area (Å²) in [6.07, 6.45) is -0.628. The van der Waals surface area contributed by atoms with Crippen molar-refractivity contribution >= 4 is 16.9 Å². The Morgan fingerprint density at radius 3 is 2.16 bits per heavy atom. The highest BCUT2D eigenvalue weighted by molar-refractivity contribution is 5.89. The van der Waals surface area contributed by atoms with Crippen molar-refractivity contribution in [2.24, 2.45) is 0 Å². The van der Waals surface area contributed by atoms with Crippen molar-refractivity contribution in [2.75, 3.05) is 47.1 Å². The Bertz CT molecular complexity index is 2080. The number of likely N-dealkylation sites (tertiary alicyclic amines) is 1. The monoisotopic (exact) mass is 794 g/mol. The van der Waals surface area contributed by atoms with E-state index in [0.29, 0.717) is 38.5 Å². The zero-order valence-corrected chi connectivity index (χ0v) is 33.1. The van der Waals surface area contributed by atoms with Crippen LogP contribution in [0.5, 0.6) is 17.2 Å². The van der Waals surface area contributed by atoms with Crippen molar-refractivity contribution in [2.45, 2.75) is 57.9 Å². The molecular formula is C45H50N2O11. The average Bonchev–Trinajstić information content (AvgIpc) is 3.25. The predicted octanol–water partition coefficient (Wildman–Crippen LogP) is 8.28. The summed E-state index contributed by atoms with van der Waals surface area (Å²) >= 11 is 0. The van der Waals surface area contributed by atoms with Gasteiger partial charge in [-0.15, -0.1) is 10.1 Å². The van der Waals surface area contributed by atoms with Crippen LogP contribution in [0.15, 0.2) is 109 Å². The molecule has 0 aromatic heterocycles. The highest BCUT2D eigenvalue weighted by Crippen LogP contribution is 2.36. The van der Waals surface area contributed by atoms with Crippen LogP contribution in [0.3, 0.4) is 0 Å². The van der Waals surface area contributed by atoms with Crippen LogP contribution in [-0.4, -0.2) is 75.4 Å². The van der Waals surface area contributed by atoms with Crippen LogP contribution in [-0.2, 0) is 50.2 Å². The molecule has 58 heavy (non-hydrogen) atoms. The SMILES string of the molecule is CCOC1CN(C(=O)OCc2ccc(CO[N+](=O)[O-])cc2)CC(OCc2cc(OC)c3ccccc3c2)C1c1ccc(OCCCOCc2ccccc2OC)cc1. The lowest BCUT2D eigenvalue weighted by molar-refractivity contribution is -0.763. The van der Waals surface area contributed by atoms with Gasteiger partial charge >= 0.3 is 6.09 Å². The lowest BCUT2D eigenvalue weighted by atomic mass is 9.84. The van der Waals surface area contributed by atoms with Gasteiger partial charge in [0.05, 0.1) is 65.9 Å². The van der Waals surface area contributed by atoms with E-state index in [1.165, 1.54) is 0 Å². The molecule has 0 saturated carbocycles. The highest BCUT2D eigenvalue weighted by atomic mass is 16.9. The number of amides is 1. The molecule has 3 atom stereocenters. The second-order valence-electron chi connectivity index (χ2n) is 13.8.